The first-order valence-corrected chi connectivity index (χ1v) is 11.4. The van der Waals surface area contributed by atoms with E-state index in [1.807, 2.05) is 18.2 Å². The fourth-order valence-electron chi connectivity index (χ4n) is 3.45. The first-order valence-electron chi connectivity index (χ1n) is 9.83. The van der Waals surface area contributed by atoms with E-state index in [1.54, 1.807) is 30.3 Å². The van der Waals surface area contributed by atoms with E-state index in [9.17, 15) is 12.8 Å². The van der Waals surface area contributed by atoms with Gasteiger partial charge in [0.1, 0.15) is 11.5 Å². The van der Waals surface area contributed by atoms with Crippen molar-refractivity contribution in [3.8, 4) is 22.6 Å². The van der Waals surface area contributed by atoms with Gasteiger partial charge in [-0.25, -0.2) is 22.9 Å². The molecule has 0 spiro atoms. The molecular weight excluding hydrogens is 415 g/mol. The highest BCUT2D eigenvalue weighted by Crippen LogP contribution is 2.36. The van der Waals surface area contributed by atoms with E-state index in [0.29, 0.717) is 34.9 Å². The predicted molar refractivity (Wildman–Crippen MR) is 117 cm³/mol. The zero-order valence-corrected chi connectivity index (χ0v) is 17.5. The molecule has 0 atom stereocenters. The summed E-state index contributed by atoms with van der Waals surface area (Å²) in [6.07, 6.45) is 2.24. The Labute approximate surface area is 180 Å². The van der Waals surface area contributed by atoms with Gasteiger partial charge in [-0.2, -0.15) is 0 Å². The summed E-state index contributed by atoms with van der Waals surface area (Å²) >= 11 is 0. The van der Waals surface area contributed by atoms with Crippen LogP contribution in [-0.2, 0) is 22.9 Å². The lowest BCUT2D eigenvalue weighted by atomic mass is 10.1. The van der Waals surface area contributed by atoms with Gasteiger partial charge in [0.05, 0.1) is 4.90 Å². The third-order valence-corrected chi connectivity index (χ3v) is 5.90. The van der Waals surface area contributed by atoms with Crippen LogP contribution in [0.15, 0.2) is 88.2 Å². The largest absolute Gasteiger partial charge is 0.440 e. The molecule has 0 saturated heterocycles. The molecular formula is C24H21FN2O3S. The number of hydrogen-bond acceptors (Lipinski definition) is 4. The number of aromatic nitrogens is 1. The van der Waals surface area contributed by atoms with Crippen LogP contribution in [0.25, 0.3) is 22.6 Å². The molecule has 0 aliphatic rings. The van der Waals surface area contributed by atoms with Crippen molar-refractivity contribution in [2.75, 3.05) is 0 Å². The van der Waals surface area contributed by atoms with E-state index in [1.165, 1.54) is 23.8 Å². The number of nitrogens with two attached hydrogens (primary N) is 1. The minimum Gasteiger partial charge on any atom is -0.440 e. The quantitative estimate of drug-likeness (QED) is 0.443. The lowest BCUT2D eigenvalue weighted by molar-refractivity contribution is 0.497. The second kappa shape index (κ2) is 8.83. The molecule has 0 amide bonds. The lowest BCUT2D eigenvalue weighted by Gasteiger charge is -2.07. The normalized spacial score (nSPS) is 11.5. The molecule has 0 bridgehead atoms. The topological polar surface area (TPSA) is 86.2 Å². The fraction of sp³-hybridized carbons (Fsp3) is 0.125. The van der Waals surface area contributed by atoms with Crippen LogP contribution in [0.3, 0.4) is 0 Å². The number of rotatable bonds is 7. The predicted octanol–water partition coefficient (Wildman–Crippen LogP) is 4.97. The Balaban J connectivity index is 1.72. The zero-order chi connectivity index (χ0) is 21.8. The summed E-state index contributed by atoms with van der Waals surface area (Å²) in [5.74, 6) is 0.405. The summed E-state index contributed by atoms with van der Waals surface area (Å²) in [4.78, 5) is 4.57. The number of halogens is 1. The zero-order valence-electron chi connectivity index (χ0n) is 16.7. The van der Waals surface area contributed by atoms with Gasteiger partial charge in [0, 0.05) is 17.5 Å². The SMILES string of the molecule is NS(=O)(=O)c1ccccc1-c1oc(CCCc2ccccc2)nc1-c1ccc(F)cc1. The number of benzene rings is 3. The Bertz CT molecular complexity index is 1280. The number of sulfonamides is 1. The summed E-state index contributed by atoms with van der Waals surface area (Å²) in [6.45, 7) is 0. The van der Waals surface area contributed by atoms with Crippen molar-refractivity contribution in [2.24, 2.45) is 5.14 Å². The molecule has 31 heavy (non-hydrogen) atoms. The van der Waals surface area contributed by atoms with Crippen molar-refractivity contribution in [3.05, 3.63) is 96.1 Å². The van der Waals surface area contributed by atoms with Crippen LogP contribution in [0.5, 0.6) is 0 Å². The van der Waals surface area contributed by atoms with Crippen LogP contribution >= 0.6 is 0 Å². The summed E-state index contributed by atoms with van der Waals surface area (Å²) in [5, 5.41) is 5.42. The summed E-state index contributed by atoms with van der Waals surface area (Å²) in [6, 6.07) is 22.3. The van der Waals surface area contributed by atoms with E-state index in [0.717, 1.165) is 12.8 Å². The molecule has 5 nitrogen and oxygen atoms in total. The summed E-state index contributed by atoms with van der Waals surface area (Å²) < 4.78 is 43.7. The van der Waals surface area contributed by atoms with Gasteiger partial charge in [-0.15, -0.1) is 0 Å². The van der Waals surface area contributed by atoms with Crippen molar-refractivity contribution >= 4 is 10.0 Å². The van der Waals surface area contributed by atoms with Gasteiger partial charge in [0.25, 0.3) is 0 Å². The molecule has 0 fully saturated rings. The van der Waals surface area contributed by atoms with E-state index >= 15 is 0 Å². The molecule has 7 heteroatoms. The molecule has 158 valence electrons. The molecule has 0 unspecified atom stereocenters. The molecule has 3 aromatic carbocycles. The monoisotopic (exact) mass is 436 g/mol. The van der Waals surface area contributed by atoms with Crippen molar-refractivity contribution in [1.29, 1.82) is 0 Å². The van der Waals surface area contributed by atoms with Crippen LogP contribution in [0.4, 0.5) is 4.39 Å². The highest BCUT2D eigenvalue weighted by Gasteiger charge is 2.23. The average molecular weight is 437 g/mol. The third kappa shape index (κ3) is 4.90. The Morgan fingerprint density at radius 2 is 1.55 bits per heavy atom. The van der Waals surface area contributed by atoms with E-state index in [2.05, 4.69) is 17.1 Å². The van der Waals surface area contributed by atoms with Crippen molar-refractivity contribution in [3.63, 3.8) is 0 Å². The van der Waals surface area contributed by atoms with Crippen molar-refractivity contribution in [1.82, 2.24) is 4.98 Å². The Hall–Kier alpha value is -3.29. The van der Waals surface area contributed by atoms with Crippen LogP contribution < -0.4 is 5.14 Å². The molecule has 0 radical (unpaired) electrons. The average Bonchev–Trinajstić information content (AvgIpc) is 3.18. The van der Waals surface area contributed by atoms with Gasteiger partial charge in [-0.3, -0.25) is 0 Å². The van der Waals surface area contributed by atoms with E-state index in [-0.39, 0.29) is 10.7 Å². The smallest absolute Gasteiger partial charge is 0.238 e. The number of aryl methyl sites for hydroxylation is 2. The summed E-state index contributed by atoms with van der Waals surface area (Å²) in [5.41, 5.74) is 2.61. The van der Waals surface area contributed by atoms with Crippen LogP contribution in [0.1, 0.15) is 17.9 Å². The second-order valence-electron chi connectivity index (χ2n) is 7.17. The van der Waals surface area contributed by atoms with Crippen LogP contribution in [0.2, 0.25) is 0 Å². The number of hydrogen-bond donors (Lipinski definition) is 1. The first-order chi connectivity index (χ1) is 14.9. The highest BCUT2D eigenvalue weighted by atomic mass is 32.2. The molecule has 4 aromatic rings. The minimum absolute atomic E-state index is 0.0506. The molecule has 1 aromatic heterocycles. The second-order valence-corrected chi connectivity index (χ2v) is 8.70. The molecule has 4 rings (SSSR count). The first kappa shape index (κ1) is 21.0. The molecule has 0 aliphatic carbocycles. The van der Waals surface area contributed by atoms with Crippen molar-refractivity contribution < 1.29 is 17.2 Å². The van der Waals surface area contributed by atoms with Gasteiger partial charge in [-0.05, 0) is 54.8 Å². The van der Waals surface area contributed by atoms with Gasteiger partial charge in [0.15, 0.2) is 11.7 Å². The molecule has 2 N–H and O–H groups in total. The summed E-state index contributed by atoms with van der Waals surface area (Å²) in [7, 11) is -3.98. The van der Waals surface area contributed by atoms with Gasteiger partial charge >= 0.3 is 0 Å². The molecule has 0 saturated carbocycles. The number of primary sulfonamides is 1. The van der Waals surface area contributed by atoms with Crippen LogP contribution in [-0.4, -0.2) is 13.4 Å². The van der Waals surface area contributed by atoms with E-state index in [4.69, 9.17) is 9.56 Å². The third-order valence-electron chi connectivity index (χ3n) is 4.93. The molecule has 0 aliphatic heterocycles. The maximum atomic E-state index is 13.4. The maximum Gasteiger partial charge on any atom is 0.238 e. The van der Waals surface area contributed by atoms with E-state index < -0.39 is 10.0 Å². The number of nitrogens with zero attached hydrogens (tertiary/aromatic N) is 1. The number of oxazole rings is 1. The minimum atomic E-state index is -3.98. The molecule has 1 heterocycles. The Kier molecular flexibility index (Phi) is 5.97. The standard InChI is InChI=1S/C24H21FN2O3S/c25-19-15-13-18(14-16-19)23-24(20-10-4-5-11-21(20)31(26,28)29)30-22(27-23)12-6-9-17-7-2-1-3-8-17/h1-5,7-8,10-11,13-16H,6,9,12H2,(H2,26,28,29). The van der Waals surface area contributed by atoms with Crippen LogP contribution in [0, 0.1) is 5.82 Å². The van der Waals surface area contributed by atoms with Gasteiger partial charge in [0.2, 0.25) is 10.0 Å². The van der Waals surface area contributed by atoms with Gasteiger partial charge < -0.3 is 4.42 Å². The maximum absolute atomic E-state index is 13.4. The highest BCUT2D eigenvalue weighted by molar-refractivity contribution is 7.89. The Morgan fingerprint density at radius 3 is 2.26 bits per heavy atom. The Morgan fingerprint density at radius 1 is 0.871 bits per heavy atom. The fourth-order valence-corrected chi connectivity index (χ4v) is 4.18. The van der Waals surface area contributed by atoms with Crippen molar-refractivity contribution in [2.45, 2.75) is 24.2 Å². The van der Waals surface area contributed by atoms with Gasteiger partial charge in [-0.1, -0.05) is 42.5 Å². The lowest BCUT2D eigenvalue weighted by Crippen LogP contribution is -2.13.